The maximum absolute atomic E-state index is 12.4. The van der Waals surface area contributed by atoms with Crippen molar-refractivity contribution in [3.63, 3.8) is 0 Å². The smallest absolute Gasteiger partial charge is 0.351 e. The fraction of sp³-hybridized carbons (Fsp3) is 0.150. The second kappa shape index (κ2) is 9.68. The highest BCUT2D eigenvalue weighted by molar-refractivity contribution is 9.10. The Kier molecular flexibility index (Phi) is 7.31. The normalized spacial score (nSPS) is 11.7. The van der Waals surface area contributed by atoms with E-state index in [1.165, 1.54) is 32.4 Å². The van der Waals surface area contributed by atoms with Crippen molar-refractivity contribution in [3.05, 3.63) is 75.8 Å². The van der Waals surface area contributed by atoms with Gasteiger partial charge in [0.1, 0.15) is 0 Å². The van der Waals surface area contributed by atoms with Crippen LogP contribution in [-0.4, -0.2) is 32.1 Å². The summed E-state index contributed by atoms with van der Waals surface area (Å²) >= 11 is 3.31. The molecule has 1 atom stereocenters. The maximum atomic E-state index is 12.4. The highest BCUT2D eigenvalue weighted by atomic mass is 79.9. The second-order valence-electron chi connectivity index (χ2n) is 5.34. The average Bonchev–Trinajstić information content (AvgIpc) is 2.70. The van der Waals surface area contributed by atoms with Crippen molar-refractivity contribution in [2.24, 2.45) is 0 Å². The van der Waals surface area contributed by atoms with Gasteiger partial charge in [0.25, 0.3) is 0 Å². The summed E-state index contributed by atoms with van der Waals surface area (Å²) in [6, 6.07) is 13.2. The summed E-state index contributed by atoms with van der Waals surface area (Å²) in [5.41, 5.74) is 1.46. The van der Waals surface area contributed by atoms with Crippen LogP contribution in [0.25, 0.3) is 6.08 Å². The van der Waals surface area contributed by atoms with Gasteiger partial charge in [0.2, 0.25) is 6.10 Å². The second-order valence-corrected chi connectivity index (χ2v) is 6.25. The van der Waals surface area contributed by atoms with Crippen LogP contribution in [0.5, 0.6) is 0 Å². The Labute approximate surface area is 164 Å². The minimum Gasteiger partial charge on any atom is -0.466 e. The van der Waals surface area contributed by atoms with E-state index < -0.39 is 24.0 Å². The van der Waals surface area contributed by atoms with E-state index in [9.17, 15) is 14.4 Å². The number of rotatable bonds is 6. The van der Waals surface area contributed by atoms with Gasteiger partial charge in [-0.05, 0) is 35.9 Å². The molecule has 0 fully saturated rings. The van der Waals surface area contributed by atoms with Crippen molar-refractivity contribution in [2.75, 3.05) is 14.2 Å². The molecule has 0 saturated carbocycles. The van der Waals surface area contributed by atoms with E-state index >= 15 is 0 Å². The molecule has 27 heavy (non-hydrogen) atoms. The number of hydrogen-bond donors (Lipinski definition) is 0. The molecule has 1 unspecified atom stereocenters. The van der Waals surface area contributed by atoms with Crippen LogP contribution in [-0.2, 0) is 23.8 Å². The Hall–Kier alpha value is -2.93. The maximum Gasteiger partial charge on any atom is 0.351 e. The van der Waals surface area contributed by atoms with Gasteiger partial charge in [-0.2, -0.15) is 0 Å². The van der Waals surface area contributed by atoms with Gasteiger partial charge in [0.05, 0.1) is 19.8 Å². The number of carbonyl (C=O) groups excluding carboxylic acids is 3. The standard InChI is InChI=1S/C20H17BrO6/c1-25-17(22)12-5-13-3-6-15(7-4-13)19(23)27-18(20(24)26-2)14-8-10-16(21)11-9-14/h3-12,18H,1-2H3/b12-5+. The minimum atomic E-state index is -1.17. The summed E-state index contributed by atoms with van der Waals surface area (Å²) < 4.78 is 15.4. The topological polar surface area (TPSA) is 78.9 Å². The lowest BCUT2D eigenvalue weighted by atomic mass is 10.1. The van der Waals surface area contributed by atoms with Gasteiger partial charge in [-0.1, -0.05) is 40.2 Å². The first-order chi connectivity index (χ1) is 12.9. The van der Waals surface area contributed by atoms with Gasteiger partial charge in [-0.15, -0.1) is 0 Å². The van der Waals surface area contributed by atoms with E-state index in [0.717, 1.165) is 4.47 Å². The summed E-state index contributed by atoms with van der Waals surface area (Å²) in [7, 11) is 2.51. The van der Waals surface area contributed by atoms with Crippen LogP contribution >= 0.6 is 15.9 Å². The lowest BCUT2D eigenvalue weighted by Crippen LogP contribution is -2.21. The molecule has 0 aliphatic rings. The first kappa shape index (κ1) is 20.4. The molecule has 0 spiro atoms. The minimum absolute atomic E-state index is 0.260. The molecule has 0 aliphatic carbocycles. The highest BCUT2D eigenvalue weighted by Crippen LogP contribution is 2.23. The molecule has 0 bridgehead atoms. The van der Waals surface area contributed by atoms with Crippen molar-refractivity contribution in [1.29, 1.82) is 0 Å². The Morgan fingerprint density at radius 1 is 0.926 bits per heavy atom. The summed E-state index contributed by atoms with van der Waals surface area (Å²) in [6.07, 6.45) is 1.66. The Bertz CT molecular complexity index is 840. The van der Waals surface area contributed by atoms with Gasteiger partial charge in [-0.25, -0.2) is 14.4 Å². The Morgan fingerprint density at radius 2 is 1.56 bits per heavy atom. The number of carbonyl (C=O) groups is 3. The number of hydrogen-bond acceptors (Lipinski definition) is 6. The largest absolute Gasteiger partial charge is 0.466 e. The van der Waals surface area contributed by atoms with Crippen LogP contribution in [0.2, 0.25) is 0 Å². The molecule has 2 rings (SSSR count). The molecule has 0 aliphatic heterocycles. The summed E-state index contributed by atoms with van der Waals surface area (Å²) in [4.78, 5) is 35.5. The third-order valence-corrected chi connectivity index (χ3v) is 4.10. The summed E-state index contributed by atoms with van der Waals surface area (Å²) in [5, 5.41) is 0. The quantitative estimate of drug-likeness (QED) is 0.393. The lowest BCUT2D eigenvalue weighted by molar-refractivity contribution is -0.151. The zero-order valence-corrected chi connectivity index (χ0v) is 16.3. The van der Waals surface area contributed by atoms with Crippen molar-refractivity contribution >= 4 is 39.9 Å². The average molecular weight is 433 g/mol. The molecule has 0 N–H and O–H groups in total. The predicted octanol–water partition coefficient (Wildman–Crippen LogP) is 3.71. The summed E-state index contributed by atoms with van der Waals surface area (Å²) in [6.45, 7) is 0. The number of esters is 3. The lowest BCUT2D eigenvalue weighted by Gasteiger charge is -2.16. The number of methoxy groups -OCH3 is 2. The number of halogens is 1. The van der Waals surface area contributed by atoms with Crippen LogP contribution in [0, 0.1) is 0 Å². The Balaban J connectivity index is 2.15. The van der Waals surface area contributed by atoms with Gasteiger partial charge in [0.15, 0.2) is 0 Å². The molecule has 0 aromatic heterocycles. The molecule has 2 aromatic carbocycles. The van der Waals surface area contributed by atoms with E-state index in [4.69, 9.17) is 9.47 Å². The van der Waals surface area contributed by atoms with E-state index in [1.54, 1.807) is 42.5 Å². The molecule has 0 heterocycles. The van der Waals surface area contributed by atoms with Crippen molar-refractivity contribution < 1.29 is 28.6 Å². The van der Waals surface area contributed by atoms with Crippen LogP contribution in [0.1, 0.15) is 27.6 Å². The molecule has 0 saturated heterocycles. The fourth-order valence-corrected chi connectivity index (χ4v) is 2.40. The third kappa shape index (κ3) is 5.79. The van der Waals surface area contributed by atoms with Crippen LogP contribution in [0.4, 0.5) is 0 Å². The van der Waals surface area contributed by atoms with Gasteiger partial charge in [-0.3, -0.25) is 0 Å². The van der Waals surface area contributed by atoms with Crippen molar-refractivity contribution in [3.8, 4) is 0 Å². The van der Waals surface area contributed by atoms with Crippen LogP contribution in [0.15, 0.2) is 59.1 Å². The van der Waals surface area contributed by atoms with Crippen molar-refractivity contribution in [2.45, 2.75) is 6.10 Å². The molecule has 6 nitrogen and oxygen atoms in total. The van der Waals surface area contributed by atoms with E-state index in [0.29, 0.717) is 11.1 Å². The molecule has 140 valence electrons. The van der Waals surface area contributed by atoms with E-state index in [2.05, 4.69) is 20.7 Å². The van der Waals surface area contributed by atoms with Gasteiger partial charge < -0.3 is 14.2 Å². The Morgan fingerprint density at radius 3 is 2.11 bits per heavy atom. The molecular weight excluding hydrogens is 416 g/mol. The fourth-order valence-electron chi connectivity index (χ4n) is 2.13. The molecular formula is C20H17BrO6. The summed E-state index contributed by atoms with van der Waals surface area (Å²) in [5.74, 6) is -1.82. The van der Waals surface area contributed by atoms with Gasteiger partial charge in [0, 0.05) is 16.1 Å². The highest BCUT2D eigenvalue weighted by Gasteiger charge is 2.26. The zero-order valence-electron chi connectivity index (χ0n) is 14.7. The zero-order chi connectivity index (χ0) is 19.8. The first-order valence-electron chi connectivity index (χ1n) is 7.85. The van der Waals surface area contributed by atoms with Crippen LogP contribution < -0.4 is 0 Å². The van der Waals surface area contributed by atoms with E-state index in [-0.39, 0.29) is 5.56 Å². The van der Waals surface area contributed by atoms with Gasteiger partial charge >= 0.3 is 17.9 Å². The van der Waals surface area contributed by atoms with Crippen LogP contribution in [0.3, 0.4) is 0 Å². The monoisotopic (exact) mass is 432 g/mol. The number of benzene rings is 2. The predicted molar refractivity (Wildman–Crippen MR) is 102 cm³/mol. The van der Waals surface area contributed by atoms with E-state index in [1.807, 2.05) is 0 Å². The molecule has 7 heteroatoms. The third-order valence-electron chi connectivity index (χ3n) is 3.57. The van der Waals surface area contributed by atoms with Crippen molar-refractivity contribution in [1.82, 2.24) is 0 Å². The SMILES string of the molecule is COC(=O)/C=C/c1ccc(C(=O)OC(C(=O)OC)c2ccc(Br)cc2)cc1. The first-order valence-corrected chi connectivity index (χ1v) is 8.64. The molecule has 2 aromatic rings. The molecule has 0 amide bonds. The number of ether oxygens (including phenoxy) is 3. The molecule has 0 radical (unpaired) electrons.